The van der Waals surface area contributed by atoms with Gasteiger partial charge in [-0.15, -0.1) is 0 Å². The third-order valence-electron chi connectivity index (χ3n) is 2.51. The van der Waals surface area contributed by atoms with Crippen molar-refractivity contribution in [3.05, 3.63) is 69.3 Å². The van der Waals surface area contributed by atoms with E-state index in [1.54, 1.807) is 12.1 Å². The van der Waals surface area contributed by atoms with E-state index in [1.165, 1.54) is 30.6 Å². The van der Waals surface area contributed by atoms with Crippen molar-refractivity contribution in [1.29, 1.82) is 0 Å². The lowest BCUT2D eigenvalue weighted by Gasteiger charge is -2.06. The largest absolute Gasteiger partial charge is 0.619 e. The molecule has 0 aliphatic rings. The first-order chi connectivity index (χ1) is 9.06. The Balaban J connectivity index is 2.04. The molecule has 0 saturated heterocycles. The summed E-state index contributed by atoms with van der Waals surface area (Å²) in [6.45, 7) is 0.0797. The highest BCUT2D eigenvalue weighted by molar-refractivity contribution is 9.10. The van der Waals surface area contributed by atoms with Crippen LogP contribution in [0.3, 0.4) is 0 Å². The zero-order valence-electron chi connectivity index (χ0n) is 9.77. The molecule has 1 N–H and O–H groups in total. The third-order valence-corrected chi connectivity index (χ3v) is 3.00. The number of nitrogens with one attached hydrogen (secondary N) is 1. The first-order valence-electron chi connectivity index (χ1n) is 5.47. The fourth-order valence-corrected chi connectivity index (χ4v) is 1.93. The van der Waals surface area contributed by atoms with Crippen LogP contribution in [-0.2, 0) is 6.54 Å². The van der Waals surface area contributed by atoms with E-state index in [-0.39, 0.29) is 18.3 Å². The molecule has 0 radical (unpaired) electrons. The Morgan fingerprint density at radius 1 is 1.32 bits per heavy atom. The highest BCUT2D eigenvalue weighted by atomic mass is 79.9. The lowest BCUT2D eigenvalue weighted by Crippen LogP contribution is -2.27. The van der Waals surface area contributed by atoms with Gasteiger partial charge in [0.1, 0.15) is 5.82 Å². The first-order valence-corrected chi connectivity index (χ1v) is 6.26. The highest BCUT2D eigenvalue weighted by Crippen LogP contribution is 2.15. The van der Waals surface area contributed by atoms with Crippen molar-refractivity contribution in [3.63, 3.8) is 0 Å². The second-order valence-corrected chi connectivity index (χ2v) is 4.78. The minimum atomic E-state index is -0.381. The molecule has 0 aliphatic carbocycles. The number of carbonyl (C=O) groups excluding carboxylic acids is 1. The average Bonchev–Trinajstić information content (AvgIpc) is 2.40. The SMILES string of the molecule is O=C(NCc1cc(Br)ccc1F)c1cc[n+]([O-])cc1. The van der Waals surface area contributed by atoms with Gasteiger partial charge in [0.15, 0.2) is 12.4 Å². The van der Waals surface area contributed by atoms with E-state index < -0.39 is 0 Å². The summed E-state index contributed by atoms with van der Waals surface area (Å²) in [5.74, 6) is -0.742. The lowest BCUT2D eigenvalue weighted by atomic mass is 10.2. The normalized spacial score (nSPS) is 10.2. The molecule has 19 heavy (non-hydrogen) atoms. The van der Waals surface area contributed by atoms with Crippen LogP contribution < -0.4 is 10.0 Å². The zero-order chi connectivity index (χ0) is 13.8. The minimum absolute atomic E-state index is 0.0797. The molecule has 6 heteroatoms. The Morgan fingerprint density at radius 2 is 2.00 bits per heavy atom. The van der Waals surface area contributed by atoms with Crippen LogP contribution in [0.25, 0.3) is 0 Å². The second-order valence-electron chi connectivity index (χ2n) is 3.87. The van der Waals surface area contributed by atoms with E-state index in [2.05, 4.69) is 21.2 Å². The molecule has 0 spiro atoms. The van der Waals surface area contributed by atoms with Crippen LogP contribution in [0.4, 0.5) is 4.39 Å². The van der Waals surface area contributed by atoms with Crippen molar-refractivity contribution in [2.24, 2.45) is 0 Å². The molecule has 2 rings (SSSR count). The molecule has 2 aromatic rings. The summed E-state index contributed by atoms with van der Waals surface area (Å²) < 4.78 is 14.8. The molecule has 0 fully saturated rings. The maximum absolute atomic E-state index is 13.5. The number of rotatable bonds is 3. The maximum Gasteiger partial charge on any atom is 0.252 e. The number of nitrogens with zero attached hydrogens (tertiary/aromatic N) is 1. The molecular weight excluding hydrogens is 315 g/mol. The van der Waals surface area contributed by atoms with E-state index in [0.29, 0.717) is 15.9 Å². The molecule has 1 aromatic carbocycles. The first kappa shape index (κ1) is 13.5. The molecular formula is C13H10BrFN2O2. The van der Waals surface area contributed by atoms with Gasteiger partial charge in [-0.25, -0.2) is 4.39 Å². The summed E-state index contributed by atoms with van der Waals surface area (Å²) in [6.07, 6.45) is 2.46. The van der Waals surface area contributed by atoms with Crippen molar-refractivity contribution in [3.8, 4) is 0 Å². The predicted molar refractivity (Wildman–Crippen MR) is 70.7 cm³/mol. The average molecular weight is 325 g/mol. The van der Waals surface area contributed by atoms with Crippen LogP contribution in [0, 0.1) is 11.0 Å². The maximum atomic E-state index is 13.5. The molecule has 4 nitrogen and oxygen atoms in total. The van der Waals surface area contributed by atoms with E-state index in [9.17, 15) is 14.4 Å². The molecule has 0 atom stereocenters. The van der Waals surface area contributed by atoms with Crippen LogP contribution in [0.2, 0.25) is 0 Å². The summed E-state index contributed by atoms with van der Waals surface area (Å²) in [5.41, 5.74) is 0.736. The van der Waals surface area contributed by atoms with E-state index >= 15 is 0 Å². The monoisotopic (exact) mass is 324 g/mol. The molecule has 1 aromatic heterocycles. The quantitative estimate of drug-likeness (QED) is 0.694. The Kier molecular flexibility index (Phi) is 4.11. The number of hydrogen-bond donors (Lipinski definition) is 1. The highest BCUT2D eigenvalue weighted by Gasteiger charge is 2.08. The number of halogens is 2. The predicted octanol–water partition coefficient (Wildman–Crippen LogP) is 2.15. The molecule has 0 unspecified atom stereocenters. The summed E-state index contributed by atoms with van der Waals surface area (Å²) >= 11 is 3.24. The van der Waals surface area contributed by atoms with Gasteiger partial charge in [-0.1, -0.05) is 15.9 Å². The topological polar surface area (TPSA) is 56.0 Å². The summed E-state index contributed by atoms with van der Waals surface area (Å²) in [5, 5.41) is 13.4. The van der Waals surface area contributed by atoms with Crippen LogP contribution in [0.15, 0.2) is 47.2 Å². The van der Waals surface area contributed by atoms with Gasteiger partial charge in [0.05, 0.1) is 5.56 Å². The van der Waals surface area contributed by atoms with E-state index in [4.69, 9.17) is 0 Å². The van der Waals surface area contributed by atoms with Crippen molar-refractivity contribution in [2.75, 3.05) is 0 Å². The summed E-state index contributed by atoms with van der Waals surface area (Å²) in [6, 6.07) is 7.32. The van der Waals surface area contributed by atoms with Crippen LogP contribution in [-0.4, -0.2) is 5.91 Å². The number of amides is 1. The third kappa shape index (κ3) is 3.51. The summed E-state index contributed by atoms with van der Waals surface area (Å²) in [4.78, 5) is 11.8. The zero-order valence-corrected chi connectivity index (χ0v) is 11.4. The van der Waals surface area contributed by atoms with Crippen molar-refractivity contribution in [2.45, 2.75) is 6.54 Å². The van der Waals surface area contributed by atoms with Gasteiger partial charge in [-0.2, -0.15) is 4.73 Å². The van der Waals surface area contributed by atoms with Crippen molar-refractivity contribution >= 4 is 21.8 Å². The number of aromatic nitrogens is 1. The number of carbonyl (C=O) groups is 1. The standard InChI is InChI=1S/C13H10BrFN2O2/c14-11-1-2-12(15)10(7-11)8-16-13(18)9-3-5-17(19)6-4-9/h1-7H,8H2,(H,16,18). The van der Waals surface area contributed by atoms with Crippen LogP contribution in [0.1, 0.15) is 15.9 Å². The van der Waals surface area contributed by atoms with Crippen LogP contribution in [0.5, 0.6) is 0 Å². The number of pyridine rings is 1. The Hall–Kier alpha value is -1.95. The fraction of sp³-hybridized carbons (Fsp3) is 0.0769. The lowest BCUT2D eigenvalue weighted by molar-refractivity contribution is -0.605. The van der Waals surface area contributed by atoms with Gasteiger partial charge in [-0.3, -0.25) is 4.79 Å². The van der Waals surface area contributed by atoms with Gasteiger partial charge in [0, 0.05) is 28.7 Å². The molecule has 98 valence electrons. The van der Waals surface area contributed by atoms with Gasteiger partial charge >= 0.3 is 0 Å². The molecule has 0 bridgehead atoms. The fourth-order valence-electron chi connectivity index (χ4n) is 1.52. The van der Waals surface area contributed by atoms with E-state index in [0.717, 1.165) is 4.47 Å². The molecule has 1 heterocycles. The van der Waals surface area contributed by atoms with Crippen molar-refractivity contribution in [1.82, 2.24) is 5.32 Å². The second kappa shape index (κ2) is 5.79. The van der Waals surface area contributed by atoms with Crippen molar-refractivity contribution < 1.29 is 13.9 Å². The smallest absolute Gasteiger partial charge is 0.252 e. The van der Waals surface area contributed by atoms with Gasteiger partial charge in [0.2, 0.25) is 0 Å². The molecule has 0 aliphatic heterocycles. The Bertz CT molecular complexity index is 602. The number of benzene rings is 1. The number of hydrogen-bond acceptors (Lipinski definition) is 2. The summed E-state index contributed by atoms with van der Waals surface area (Å²) in [7, 11) is 0. The van der Waals surface area contributed by atoms with Gasteiger partial charge < -0.3 is 10.5 Å². The van der Waals surface area contributed by atoms with Gasteiger partial charge in [0.25, 0.3) is 5.91 Å². The molecule has 1 amide bonds. The van der Waals surface area contributed by atoms with Crippen LogP contribution >= 0.6 is 15.9 Å². The minimum Gasteiger partial charge on any atom is -0.619 e. The molecule has 0 saturated carbocycles. The Morgan fingerprint density at radius 3 is 2.68 bits per heavy atom. The Labute approximate surface area is 117 Å². The van der Waals surface area contributed by atoms with Gasteiger partial charge in [-0.05, 0) is 18.2 Å². The van der Waals surface area contributed by atoms with E-state index in [1.807, 2.05) is 0 Å².